The molecule has 0 saturated heterocycles. The second kappa shape index (κ2) is 6.78. The van der Waals surface area contributed by atoms with Gasteiger partial charge in [-0.2, -0.15) is 10.4 Å². The molecular weight excluding hydrogens is 356 g/mol. The molecule has 0 unspecified atom stereocenters. The van der Waals surface area contributed by atoms with Gasteiger partial charge in [0.2, 0.25) is 5.91 Å². The Morgan fingerprint density at radius 2 is 2.11 bits per heavy atom. The van der Waals surface area contributed by atoms with Crippen molar-refractivity contribution < 1.29 is 4.79 Å². The highest BCUT2D eigenvalue weighted by molar-refractivity contribution is 5.76. The summed E-state index contributed by atoms with van der Waals surface area (Å²) in [5.41, 5.74) is 9.38. The van der Waals surface area contributed by atoms with Gasteiger partial charge in [-0.25, -0.2) is 9.67 Å². The summed E-state index contributed by atoms with van der Waals surface area (Å²) in [6.07, 6.45) is 3.11. The maximum Gasteiger partial charge on any atom is 0.266 e. The van der Waals surface area contributed by atoms with Gasteiger partial charge in [0.05, 0.1) is 12.1 Å². The minimum absolute atomic E-state index is 0.0134. The third-order valence-electron chi connectivity index (χ3n) is 4.91. The molecule has 4 rings (SSSR count). The number of H-pyrrole nitrogens is 1. The Balaban J connectivity index is 1.92. The number of aryl methyl sites for hydroxylation is 3. The van der Waals surface area contributed by atoms with Gasteiger partial charge in [-0.1, -0.05) is 6.07 Å². The van der Waals surface area contributed by atoms with E-state index in [-0.39, 0.29) is 17.8 Å². The third kappa shape index (κ3) is 3.07. The molecule has 1 amide bonds. The van der Waals surface area contributed by atoms with Crippen molar-refractivity contribution in [2.75, 3.05) is 0 Å². The SMILES string of the molecule is Cc1[nH]c(=O)c(C#N)cc1-c1nc(CC(N)=O)nn1-c1ccc2c(c1)CCC2. The van der Waals surface area contributed by atoms with Gasteiger partial charge in [-0.3, -0.25) is 9.59 Å². The van der Waals surface area contributed by atoms with E-state index in [4.69, 9.17) is 5.73 Å². The van der Waals surface area contributed by atoms with E-state index in [1.807, 2.05) is 12.1 Å². The first kappa shape index (κ1) is 17.7. The normalized spacial score (nSPS) is 12.6. The summed E-state index contributed by atoms with van der Waals surface area (Å²) in [7, 11) is 0. The number of aromatic amines is 1. The fraction of sp³-hybridized carbons (Fsp3) is 0.250. The molecule has 2 heterocycles. The maximum atomic E-state index is 11.9. The van der Waals surface area contributed by atoms with Crippen LogP contribution in [0.5, 0.6) is 0 Å². The zero-order chi connectivity index (χ0) is 19.8. The van der Waals surface area contributed by atoms with Crippen molar-refractivity contribution >= 4 is 5.91 Å². The second-order valence-electron chi connectivity index (χ2n) is 6.88. The number of amides is 1. The van der Waals surface area contributed by atoms with Crippen LogP contribution in [0.3, 0.4) is 0 Å². The lowest BCUT2D eigenvalue weighted by atomic mass is 10.1. The molecule has 3 N–H and O–H groups in total. The number of rotatable bonds is 4. The largest absolute Gasteiger partial charge is 0.369 e. The van der Waals surface area contributed by atoms with Crippen LogP contribution >= 0.6 is 0 Å². The van der Waals surface area contributed by atoms with E-state index >= 15 is 0 Å². The lowest BCUT2D eigenvalue weighted by molar-refractivity contribution is -0.117. The van der Waals surface area contributed by atoms with E-state index < -0.39 is 11.5 Å². The summed E-state index contributed by atoms with van der Waals surface area (Å²) in [4.78, 5) is 30.4. The van der Waals surface area contributed by atoms with E-state index in [0.717, 1.165) is 24.9 Å². The zero-order valence-corrected chi connectivity index (χ0v) is 15.3. The molecule has 8 heteroatoms. The summed E-state index contributed by atoms with van der Waals surface area (Å²) in [5, 5.41) is 13.7. The molecule has 1 aliphatic rings. The number of fused-ring (bicyclic) bond motifs is 1. The van der Waals surface area contributed by atoms with E-state index in [1.54, 1.807) is 11.6 Å². The van der Waals surface area contributed by atoms with E-state index in [1.165, 1.54) is 17.2 Å². The number of hydrogen-bond acceptors (Lipinski definition) is 5. The Morgan fingerprint density at radius 1 is 1.32 bits per heavy atom. The molecule has 0 aliphatic heterocycles. The van der Waals surface area contributed by atoms with Crippen molar-refractivity contribution in [1.29, 1.82) is 5.26 Å². The third-order valence-corrected chi connectivity index (χ3v) is 4.91. The van der Waals surface area contributed by atoms with Crippen LogP contribution in [0.1, 0.15) is 34.6 Å². The number of hydrogen-bond donors (Lipinski definition) is 2. The Labute approximate surface area is 160 Å². The second-order valence-corrected chi connectivity index (χ2v) is 6.88. The Bertz CT molecular complexity index is 1200. The van der Waals surface area contributed by atoms with Gasteiger partial charge in [-0.15, -0.1) is 0 Å². The van der Waals surface area contributed by atoms with Crippen LogP contribution in [0.2, 0.25) is 0 Å². The standard InChI is InChI=1S/C20H18N6O2/c1-11-16(8-14(10-21)20(28)23-11)19-24-18(9-17(22)27)25-26(19)15-6-5-12-3-2-4-13(12)7-15/h5-8H,2-4,9H2,1H3,(H2,22,27)(H,23,28). The molecule has 8 nitrogen and oxygen atoms in total. The number of nitrogens with two attached hydrogens (primary N) is 1. The number of pyridine rings is 1. The van der Waals surface area contributed by atoms with Crippen molar-refractivity contribution in [3.63, 3.8) is 0 Å². The minimum atomic E-state index is -0.534. The van der Waals surface area contributed by atoms with Gasteiger partial charge < -0.3 is 10.7 Å². The molecule has 28 heavy (non-hydrogen) atoms. The first-order chi connectivity index (χ1) is 13.5. The van der Waals surface area contributed by atoms with Crippen LogP contribution in [-0.2, 0) is 24.1 Å². The minimum Gasteiger partial charge on any atom is -0.369 e. The number of aromatic nitrogens is 4. The number of carbonyl (C=O) groups excluding carboxylic acids is 1. The van der Waals surface area contributed by atoms with Crippen LogP contribution in [-0.4, -0.2) is 25.7 Å². The fourth-order valence-corrected chi connectivity index (χ4v) is 3.57. The molecule has 1 aromatic carbocycles. The quantitative estimate of drug-likeness (QED) is 0.711. The monoisotopic (exact) mass is 374 g/mol. The van der Waals surface area contributed by atoms with Crippen LogP contribution in [0, 0.1) is 18.3 Å². The first-order valence-electron chi connectivity index (χ1n) is 8.97. The van der Waals surface area contributed by atoms with Crippen molar-refractivity contribution in [3.05, 3.63) is 62.8 Å². The fourth-order valence-electron chi connectivity index (χ4n) is 3.57. The molecule has 1 aliphatic carbocycles. The molecule has 0 fully saturated rings. The van der Waals surface area contributed by atoms with Gasteiger partial charge in [0.15, 0.2) is 11.6 Å². The average Bonchev–Trinajstić information content (AvgIpc) is 3.27. The Hall–Kier alpha value is -3.73. The molecule has 2 aromatic heterocycles. The number of nitriles is 1. The van der Waals surface area contributed by atoms with Gasteiger partial charge >= 0.3 is 0 Å². The molecule has 0 radical (unpaired) electrons. The molecule has 0 bridgehead atoms. The highest BCUT2D eigenvalue weighted by atomic mass is 16.1. The van der Waals surface area contributed by atoms with Gasteiger partial charge in [0, 0.05) is 11.3 Å². The molecule has 0 spiro atoms. The number of nitrogens with zero attached hydrogens (tertiary/aromatic N) is 4. The van der Waals surface area contributed by atoms with Gasteiger partial charge in [-0.05, 0) is 55.5 Å². The highest BCUT2D eigenvalue weighted by Crippen LogP contribution is 2.28. The van der Waals surface area contributed by atoms with Crippen molar-refractivity contribution in [2.24, 2.45) is 5.73 Å². The van der Waals surface area contributed by atoms with Crippen molar-refractivity contribution in [3.8, 4) is 23.1 Å². The average molecular weight is 374 g/mol. The van der Waals surface area contributed by atoms with Crippen LogP contribution in [0.4, 0.5) is 0 Å². The predicted molar refractivity (Wildman–Crippen MR) is 102 cm³/mol. The smallest absolute Gasteiger partial charge is 0.266 e. The number of primary amides is 1. The zero-order valence-electron chi connectivity index (χ0n) is 15.3. The van der Waals surface area contributed by atoms with E-state index in [9.17, 15) is 14.9 Å². The molecule has 3 aromatic rings. The van der Waals surface area contributed by atoms with Crippen molar-refractivity contribution in [1.82, 2.24) is 19.7 Å². The van der Waals surface area contributed by atoms with E-state index in [0.29, 0.717) is 17.1 Å². The lowest BCUT2D eigenvalue weighted by Gasteiger charge is -2.10. The highest BCUT2D eigenvalue weighted by Gasteiger charge is 2.20. The summed E-state index contributed by atoms with van der Waals surface area (Å²) < 4.78 is 1.64. The lowest BCUT2D eigenvalue weighted by Crippen LogP contribution is -2.14. The Morgan fingerprint density at radius 3 is 2.86 bits per heavy atom. The van der Waals surface area contributed by atoms with Crippen LogP contribution < -0.4 is 11.3 Å². The van der Waals surface area contributed by atoms with Crippen LogP contribution in [0.15, 0.2) is 29.1 Å². The van der Waals surface area contributed by atoms with E-state index in [2.05, 4.69) is 27.2 Å². The number of benzene rings is 1. The summed E-state index contributed by atoms with van der Waals surface area (Å²) >= 11 is 0. The summed E-state index contributed by atoms with van der Waals surface area (Å²) in [6.45, 7) is 1.73. The summed E-state index contributed by atoms with van der Waals surface area (Å²) in [6, 6.07) is 9.50. The molecule has 140 valence electrons. The first-order valence-corrected chi connectivity index (χ1v) is 8.97. The molecule has 0 saturated carbocycles. The Kier molecular flexibility index (Phi) is 4.28. The van der Waals surface area contributed by atoms with Gasteiger partial charge in [0.25, 0.3) is 5.56 Å². The predicted octanol–water partition coefficient (Wildman–Crippen LogP) is 1.32. The van der Waals surface area contributed by atoms with Crippen LogP contribution in [0.25, 0.3) is 17.1 Å². The molecule has 0 atom stereocenters. The number of carbonyl (C=O) groups is 1. The van der Waals surface area contributed by atoms with Gasteiger partial charge in [0.1, 0.15) is 11.6 Å². The summed E-state index contributed by atoms with van der Waals surface area (Å²) in [5.74, 6) is 0.195. The van der Waals surface area contributed by atoms with Crippen molar-refractivity contribution in [2.45, 2.75) is 32.6 Å². The molecular formula is C20H18N6O2. The topological polar surface area (TPSA) is 130 Å². The maximum absolute atomic E-state index is 11.9. The number of nitrogens with one attached hydrogen (secondary N) is 1.